The number of ether oxygens (including phenoxy) is 2. The van der Waals surface area contributed by atoms with Gasteiger partial charge in [0.1, 0.15) is 0 Å². The van der Waals surface area contributed by atoms with Gasteiger partial charge in [-0.1, -0.05) is 30.3 Å². The molecule has 3 rings (SSSR count). The summed E-state index contributed by atoms with van der Waals surface area (Å²) in [6, 6.07) is 12.0. The van der Waals surface area contributed by atoms with Crippen LogP contribution in [0, 0.1) is 0 Å². The minimum Gasteiger partial charge on any atom is -0.466 e. The van der Waals surface area contributed by atoms with Crippen LogP contribution in [0.2, 0.25) is 0 Å². The average Bonchev–Trinajstić information content (AvgIpc) is 3.17. The van der Waals surface area contributed by atoms with Gasteiger partial charge in [0.15, 0.2) is 0 Å². The Kier molecular flexibility index (Phi) is 5.46. The van der Waals surface area contributed by atoms with Crippen molar-refractivity contribution in [1.29, 1.82) is 0 Å². The molecule has 0 bridgehead atoms. The number of carbonyl (C=O) groups excluding carboxylic acids is 2. The van der Waals surface area contributed by atoms with Crippen LogP contribution in [0.1, 0.15) is 24.6 Å². The third-order valence-electron chi connectivity index (χ3n) is 4.58. The fourth-order valence-corrected chi connectivity index (χ4v) is 4.36. The largest absolute Gasteiger partial charge is 0.466 e. The third kappa shape index (κ3) is 3.53. The average molecular weight is 383 g/mol. The Hall–Kier alpha value is -2.86. The Morgan fingerprint density at radius 3 is 2.00 bits per heavy atom. The highest BCUT2D eigenvalue weighted by molar-refractivity contribution is 7.10. The van der Waals surface area contributed by atoms with Gasteiger partial charge in [-0.3, -0.25) is 0 Å². The van der Waals surface area contributed by atoms with E-state index in [0.717, 1.165) is 16.0 Å². The van der Waals surface area contributed by atoms with Crippen molar-refractivity contribution in [2.24, 2.45) is 0 Å². The van der Waals surface area contributed by atoms with Crippen LogP contribution in [0.4, 0.5) is 0 Å². The van der Waals surface area contributed by atoms with Gasteiger partial charge in [-0.25, -0.2) is 9.59 Å². The summed E-state index contributed by atoms with van der Waals surface area (Å²) in [7, 11) is 2.68. The maximum absolute atomic E-state index is 12.5. The second kappa shape index (κ2) is 7.80. The molecule has 6 heteroatoms. The summed E-state index contributed by atoms with van der Waals surface area (Å²) in [4.78, 5) is 25.9. The number of thiophene rings is 1. The van der Waals surface area contributed by atoms with Crippen molar-refractivity contribution in [3.8, 4) is 11.1 Å². The second-order valence-electron chi connectivity index (χ2n) is 6.22. The van der Waals surface area contributed by atoms with Crippen LogP contribution in [0.15, 0.2) is 64.3 Å². The highest BCUT2D eigenvalue weighted by Crippen LogP contribution is 2.42. The molecule has 5 nitrogen and oxygen atoms in total. The third-order valence-corrected chi connectivity index (χ3v) is 5.58. The fourth-order valence-electron chi connectivity index (χ4n) is 3.33. The molecular formula is C21H21NO4S. The first kappa shape index (κ1) is 18.9. The maximum Gasteiger partial charge on any atom is 0.336 e. The predicted molar refractivity (Wildman–Crippen MR) is 105 cm³/mol. The molecule has 0 atom stereocenters. The molecule has 2 aromatic rings. The molecule has 0 radical (unpaired) electrons. The summed E-state index contributed by atoms with van der Waals surface area (Å²) in [5, 5.41) is 5.14. The number of esters is 2. The molecule has 0 spiro atoms. The summed E-state index contributed by atoms with van der Waals surface area (Å²) < 4.78 is 9.99. The zero-order valence-corrected chi connectivity index (χ0v) is 16.5. The first-order valence-corrected chi connectivity index (χ1v) is 9.35. The van der Waals surface area contributed by atoms with Crippen LogP contribution in [-0.4, -0.2) is 26.2 Å². The van der Waals surface area contributed by atoms with E-state index in [1.807, 2.05) is 55.6 Å². The normalized spacial score (nSPS) is 14.8. The van der Waals surface area contributed by atoms with Gasteiger partial charge in [0.05, 0.1) is 31.3 Å². The van der Waals surface area contributed by atoms with E-state index >= 15 is 0 Å². The van der Waals surface area contributed by atoms with Gasteiger partial charge in [0, 0.05) is 16.3 Å². The number of benzene rings is 1. The van der Waals surface area contributed by atoms with Gasteiger partial charge in [-0.15, -0.1) is 11.3 Å². The lowest BCUT2D eigenvalue weighted by molar-refractivity contribution is -0.137. The van der Waals surface area contributed by atoms with Crippen molar-refractivity contribution < 1.29 is 19.1 Å². The molecule has 1 aliphatic heterocycles. The number of nitrogens with one attached hydrogen (secondary N) is 1. The van der Waals surface area contributed by atoms with Gasteiger partial charge in [-0.2, -0.15) is 0 Å². The van der Waals surface area contributed by atoms with Crippen molar-refractivity contribution in [1.82, 2.24) is 5.32 Å². The van der Waals surface area contributed by atoms with Gasteiger partial charge in [0.2, 0.25) is 0 Å². The molecule has 1 aromatic carbocycles. The van der Waals surface area contributed by atoms with E-state index in [1.54, 1.807) is 0 Å². The number of hydrogen-bond donors (Lipinski definition) is 1. The van der Waals surface area contributed by atoms with Crippen LogP contribution in [-0.2, 0) is 19.1 Å². The van der Waals surface area contributed by atoms with Gasteiger partial charge in [0.25, 0.3) is 0 Å². The minimum atomic E-state index is -0.534. The van der Waals surface area contributed by atoms with Gasteiger partial charge in [-0.05, 0) is 36.4 Å². The summed E-state index contributed by atoms with van der Waals surface area (Å²) >= 11 is 1.51. The molecule has 0 aliphatic carbocycles. The first-order chi connectivity index (χ1) is 13.0. The summed E-state index contributed by atoms with van der Waals surface area (Å²) in [6.07, 6.45) is 0. The second-order valence-corrected chi connectivity index (χ2v) is 7.17. The molecular weight excluding hydrogens is 362 g/mol. The maximum atomic E-state index is 12.5. The monoisotopic (exact) mass is 383 g/mol. The minimum absolute atomic E-state index is 0.421. The Morgan fingerprint density at radius 2 is 1.48 bits per heavy atom. The molecule has 2 heterocycles. The van der Waals surface area contributed by atoms with E-state index in [4.69, 9.17) is 9.47 Å². The quantitative estimate of drug-likeness (QED) is 0.809. The molecule has 1 aromatic heterocycles. The molecule has 140 valence electrons. The summed E-state index contributed by atoms with van der Waals surface area (Å²) in [5.74, 6) is -1.46. The molecule has 1 N–H and O–H groups in total. The number of methoxy groups -OCH3 is 2. The molecule has 0 fully saturated rings. The lowest BCUT2D eigenvalue weighted by atomic mass is 9.84. The van der Waals surface area contributed by atoms with Gasteiger partial charge < -0.3 is 14.8 Å². The lowest BCUT2D eigenvalue weighted by Crippen LogP contribution is -2.31. The van der Waals surface area contributed by atoms with E-state index in [1.165, 1.54) is 25.6 Å². The molecule has 27 heavy (non-hydrogen) atoms. The first-order valence-electron chi connectivity index (χ1n) is 8.47. The fraction of sp³-hybridized carbons (Fsp3) is 0.238. The van der Waals surface area contributed by atoms with Crippen molar-refractivity contribution >= 4 is 23.3 Å². The summed E-state index contributed by atoms with van der Waals surface area (Å²) in [6.45, 7) is 3.62. The SMILES string of the molecule is COC(=O)C1=C(C)NC(C)=C(C(=O)OC)C1c1cc(-c2ccccc2)cs1. The van der Waals surface area contributed by atoms with Crippen LogP contribution >= 0.6 is 11.3 Å². The van der Waals surface area contributed by atoms with Crippen molar-refractivity contribution in [2.75, 3.05) is 14.2 Å². The standard InChI is InChI=1S/C21H21NO4S/c1-12-17(20(23)25-3)19(18(13(2)22-12)21(24)26-4)16-10-15(11-27-16)14-8-6-5-7-9-14/h5-11,19,22H,1-4H3. The van der Waals surface area contributed by atoms with Crippen molar-refractivity contribution in [3.63, 3.8) is 0 Å². The number of dihydropyridines is 1. The van der Waals surface area contributed by atoms with E-state index in [-0.39, 0.29) is 0 Å². The van der Waals surface area contributed by atoms with Crippen LogP contribution in [0.3, 0.4) is 0 Å². The highest BCUT2D eigenvalue weighted by Gasteiger charge is 2.38. The van der Waals surface area contributed by atoms with E-state index < -0.39 is 17.9 Å². The van der Waals surface area contributed by atoms with Crippen LogP contribution in [0.5, 0.6) is 0 Å². The molecule has 0 saturated carbocycles. The number of carbonyl (C=O) groups is 2. The Balaban J connectivity index is 2.14. The Morgan fingerprint density at radius 1 is 0.926 bits per heavy atom. The van der Waals surface area contributed by atoms with E-state index in [9.17, 15) is 9.59 Å². The number of hydrogen-bond acceptors (Lipinski definition) is 6. The number of rotatable bonds is 4. The molecule has 0 saturated heterocycles. The van der Waals surface area contributed by atoms with Gasteiger partial charge >= 0.3 is 11.9 Å². The smallest absolute Gasteiger partial charge is 0.336 e. The zero-order chi connectivity index (χ0) is 19.6. The molecule has 0 unspecified atom stereocenters. The van der Waals surface area contributed by atoms with E-state index in [0.29, 0.717) is 22.5 Å². The number of allylic oxidation sites excluding steroid dienone is 2. The highest BCUT2D eigenvalue weighted by atomic mass is 32.1. The molecule has 0 amide bonds. The van der Waals surface area contributed by atoms with Crippen LogP contribution in [0.25, 0.3) is 11.1 Å². The Bertz CT molecular complexity index is 902. The van der Waals surface area contributed by atoms with Crippen LogP contribution < -0.4 is 5.32 Å². The zero-order valence-electron chi connectivity index (χ0n) is 15.7. The summed E-state index contributed by atoms with van der Waals surface area (Å²) in [5.41, 5.74) is 4.31. The topological polar surface area (TPSA) is 64.6 Å². The van der Waals surface area contributed by atoms with Crippen molar-refractivity contribution in [2.45, 2.75) is 19.8 Å². The van der Waals surface area contributed by atoms with Crippen molar-refractivity contribution in [3.05, 3.63) is 69.2 Å². The predicted octanol–water partition coefficient (Wildman–Crippen LogP) is 4.00. The van der Waals surface area contributed by atoms with E-state index in [2.05, 4.69) is 5.32 Å². The lowest BCUT2D eigenvalue weighted by Gasteiger charge is -2.29. The Labute approximate surface area is 162 Å². The molecule has 1 aliphatic rings.